The molecule has 0 spiro atoms. The van der Waals surface area contributed by atoms with Crippen LogP contribution in [0.25, 0.3) is 0 Å². The largest absolute Gasteiger partial charge is 0.465 e. The number of benzene rings is 1. The molecule has 0 aliphatic heterocycles. The first-order valence-corrected chi connectivity index (χ1v) is 15.9. The first-order valence-electron chi connectivity index (χ1n) is 15.9. The molecule has 220 valence electrons. The number of carbonyl (C=O) groups excluding carboxylic acids is 1. The van der Waals surface area contributed by atoms with Crippen LogP contribution in [0.3, 0.4) is 0 Å². The molecule has 0 saturated carbocycles. The summed E-state index contributed by atoms with van der Waals surface area (Å²) in [4.78, 5) is 13.4. The summed E-state index contributed by atoms with van der Waals surface area (Å²) in [5.41, 5.74) is -1.56. The van der Waals surface area contributed by atoms with Gasteiger partial charge in [-0.3, -0.25) is 4.79 Å². The van der Waals surface area contributed by atoms with Gasteiger partial charge < -0.3 is 9.84 Å². The lowest BCUT2D eigenvalue weighted by Crippen LogP contribution is -2.54. The maximum absolute atomic E-state index is 13.4. The van der Waals surface area contributed by atoms with E-state index in [0.717, 1.165) is 18.4 Å². The Morgan fingerprint density at radius 2 is 1.08 bits per heavy atom. The third kappa shape index (κ3) is 12.2. The Bertz CT molecular complexity index is 728. The SMILES string of the molecule is CCCCCCCCCCCCCCCCCCOC(=O)C(C(C)(C)C)C(O)(c1ccccc1)C(C)(C)C. The number of hydrogen-bond acceptors (Lipinski definition) is 3. The Kier molecular flexibility index (Phi) is 16.5. The molecule has 0 aliphatic carbocycles. The Morgan fingerprint density at radius 1 is 0.684 bits per heavy atom. The number of ether oxygens (including phenoxy) is 1. The van der Waals surface area contributed by atoms with Crippen molar-refractivity contribution in [2.24, 2.45) is 16.7 Å². The third-order valence-electron chi connectivity index (χ3n) is 8.12. The lowest BCUT2D eigenvalue weighted by molar-refractivity contribution is -0.187. The molecule has 0 aromatic heterocycles. The fourth-order valence-corrected chi connectivity index (χ4v) is 5.78. The normalized spacial score (nSPS) is 14.7. The zero-order chi connectivity index (χ0) is 28.5. The number of unbranched alkanes of at least 4 members (excludes halogenated alkanes) is 15. The van der Waals surface area contributed by atoms with Crippen LogP contribution in [-0.4, -0.2) is 17.7 Å². The second kappa shape index (κ2) is 18.1. The summed E-state index contributed by atoms with van der Waals surface area (Å²) in [5, 5.41) is 12.1. The van der Waals surface area contributed by atoms with Crippen LogP contribution in [0.5, 0.6) is 0 Å². The van der Waals surface area contributed by atoms with Gasteiger partial charge in [-0.2, -0.15) is 0 Å². The molecular weight excluding hydrogens is 468 g/mol. The number of hydrogen-bond donors (Lipinski definition) is 1. The third-order valence-corrected chi connectivity index (χ3v) is 8.12. The average Bonchev–Trinajstić information content (AvgIpc) is 2.85. The predicted molar refractivity (Wildman–Crippen MR) is 163 cm³/mol. The van der Waals surface area contributed by atoms with Crippen molar-refractivity contribution in [3.05, 3.63) is 35.9 Å². The Balaban J connectivity index is 2.32. The topological polar surface area (TPSA) is 46.5 Å². The highest BCUT2D eigenvalue weighted by Gasteiger charge is 2.56. The molecule has 0 bridgehead atoms. The summed E-state index contributed by atoms with van der Waals surface area (Å²) in [6, 6.07) is 9.63. The Morgan fingerprint density at radius 3 is 1.45 bits per heavy atom. The fourth-order valence-electron chi connectivity index (χ4n) is 5.78. The fraction of sp³-hybridized carbons (Fsp3) is 0.800. The molecule has 3 heteroatoms. The average molecular weight is 531 g/mol. The van der Waals surface area contributed by atoms with Crippen LogP contribution in [0.4, 0.5) is 0 Å². The van der Waals surface area contributed by atoms with E-state index in [9.17, 15) is 9.90 Å². The summed E-state index contributed by atoms with van der Waals surface area (Å²) in [7, 11) is 0. The smallest absolute Gasteiger partial charge is 0.312 e. The molecule has 1 N–H and O–H groups in total. The number of carbonyl (C=O) groups is 1. The van der Waals surface area contributed by atoms with Crippen LogP contribution in [0, 0.1) is 16.7 Å². The highest BCUT2D eigenvalue weighted by molar-refractivity contribution is 5.75. The molecular formula is C35H62O3. The van der Waals surface area contributed by atoms with E-state index >= 15 is 0 Å². The van der Waals surface area contributed by atoms with Crippen molar-refractivity contribution in [2.75, 3.05) is 6.61 Å². The second-order valence-electron chi connectivity index (χ2n) is 13.7. The molecule has 2 atom stereocenters. The van der Waals surface area contributed by atoms with Crippen molar-refractivity contribution >= 4 is 5.97 Å². The van der Waals surface area contributed by atoms with Crippen LogP contribution in [-0.2, 0) is 15.1 Å². The molecule has 1 rings (SSSR count). The first-order chi connectivity index (χ1) is 18.0. The van der Waals surface area contributed by atoms with Gasteiger partial charge in [0.1, 0.15) is 5.60 Å². The van der Waals surface area contributed by atoms with Gasteiger partial charge in [0, 0.05) is 0 Å². The van der Waals surface area contributed by atoms with Crippen LogP contribution >= 0.6 is 0 Å². The minimum absolute atomic E-state index is 0.292. The minimum Gasteiger partial charge on any atom is -0.465 e. The molecule has 1 aromatic carbocycles. The van der Waals surface area contributed by atoms with E-state index in [1.54, 1.807) is 0 Å². The van der Waals surface area contributed by atoms with E-state index in [1.165, 1.54) is 89.9 Å². The molecule has 0 aliphatic rings. The zero-order valence-corrected chi connectivity index (χ0v) is 26.2. The molecule has 0 heterocycles. The van der Waals surface area contributed by atoms with Crippen molar-refractivity contribution in [2.45, 2.75) is 157 Å². The monoisotopic (exact) mass is 530 g/mol. The molecule has 3 nitrogen and oxygen atoms in total. The number of rotatable bonds is 20. The maximum Gasteiger partial charge on any atom is 0.312 e. The highest BCUT2D eigenvalue weighted by Crippen LogP contribution is 2.51. The Hall–Kier alpha value is -1.35. The van der Waals surface area contributed by atoms with E-state index in [1.807, 2.05) is 71.9 Å². The van der Waals surface area contributed by atoms with Gasteiger partial charge in [0.2, 0.25) is 0 Å². The molecule has 1 aromatic rings. The summed E-state index contributed by atoms with van der Waals surface area (Å²) in [6.45, 7) is 14.8. The van der Waals surface area contributed by atoms with E-state index in [4.69, 9.17) is 4.74 Å². The van der Waals surface area contributed by atoms with Crippen LogP contribution in [0.1, 0.15) is 157 Å². The van der Waals surface area contributed by atoms with E-state index in [-0.39, 0.29) is 5.97 Å². The van der Waals surface area contributed by atoms with Gasteiger partial charge >= 0.3 is 5.97 Å². The van der Waals surface area contributed by atoms with Gasteiger partial charge in [-0.05, 0) is 22.8 Å². The van der Waals surface area contributed by atoms with Crippen LogP contribution < -0.4 is 0 Å². The maximum atomic E-state index is 13.4. The molecule has 0 radical (unpaired) electrons. The minimum atomic E-state index is -1.34. The van der Waals surface area contributed by atoms with Gasteiger partial charge in [0.25, 0.3) is 0 Å². The first kappa shape index (κ1) is 34.7. The molecule has 2 unspecified atom stereocenters. The summed E-state index contributed by atoms with van der Waals surface area (Å²) >= 11 is 0. The quantitative estimate of drug-likeness (QED) is 0.135. The van der Waals surface area contributed by atoms with Gasteiger partial charge in [0.15, 0.2) is 0 Å². The van der Waals surface area contributed by atoms with Crippen molar-refractivity contribution in [1.82, 2.24) is 0 Å². The van der Waals surface area contributed by atoms with Gasteiger partial charge in [-0.1, -0.05) is 175 Å². The van der Waals surface area contributed by atoms with Crippen molar-refractivity contribution in [1.29, 1.82) is 0 Å². The second-order valence-corrected chi connectivity index (χ2v) is 13.7. The van der Waals surface area contributed by atoms with Crippen LogP contribution in [0.2, 0.25) is 0 Å². The van der Waals surface area contributed by atoms with Crippen molar-refractivity contribution in [3.8, 4) is 0 Å². The molecule has 0 saturated heterocycles. The Labute approximate surface area is 236 Å². The van der Waals surface area contributed by atoms with Gasteiger partial charge in [0.05, 0.1) is 12.5 Å². The van der Waals surface area contributed by atoms with E-state index in [2.05, 4.69) is 6.92 Å². The number of esters is 1. The van der Waals surface area contributed by atoms with Crippen LogP contribution in [0.15, 0.2) is 30.3 Å². The zero-order valence-electron chi connectivity index (χ0n) is 26.2. The number of aliphatic hydroxyl groups is 1. The van der Waals surface area contributed by atoms with Gasteiger partial charge in [-0.15, -0.1) is 0 Å². The summed E-state index contributed by atoms with van der Waals surface area (Å²) < 4.78 is 5.81. The summed E-state index contributed by atoms with van der Waals surface area (Å²) in [5.74, 6) is -0.960. The van der Waals surface area contributed by atoms with Crippen molar-refractivity contribution in [3.63, 3.8) is 0 Å². The van der Waals surface area contributed by atoms with Crippen molar-refractivity contribution < 1.29 is 14.6 Å². The van der Waals surface area contributed by atoms with Gasteiger partial charge in [-0.25, -0.2) is 0 Å². The summed E-state index contributed by atoms with van der Waals surface area (Å²) in [6.07, 6.45) is 21.2. The van der Waals surface area contributed by atoms with E-state index in [0.29, 0.717) is 6.61 Å². The lowest BCUT2D eigenvalue weighted by atomic mass is 9.58. The van der Waals surface area contributed by atoms with E-state index < -0.39 is 22.3 Å². The lowest BCUT2D eigenvalue weighted by Gasteiger charge is -2.49. The molecule has 0 fully saturated rings. The molecule has 0 amide bonds. The molecule has 38 heavy (non-hydrogen) atoms. The predicted octanol–water partition coefficient (Wildman–Crippen LogP) is 10.4. The highest BCUT2D eigenvalue weighted by atomic mass is 16.5. The standard InChI is InChI=1S/C35H62O3/c1-8-9-10-11-12-13-14-15-16-17-18-19-20-21-22-26-29-38-32(36)31(33(2,3)4)35(37,34(5,6)7)30-27-24-23-25-28-30/h23-25,27-28,31,37H,8-22,26,29H2,1-7H3.